The molecule has 0 aliphatic carbocycles. The van der Waals surface area contributed by atoms with Crippen LogP contribution in [0.4, 0.5) is 0 Å². The van der Waals surface area contributed by atoms with Gasteiger partial charge in [-0.15, -0.1) is 0 Å². The van der Waals surface area contributed by atoms with Gasteiger partial charge < -0.3 is 24.1 Å². The van der Waals surface area contributed by atoms with Gasteiger partial charge in [0.25, 0.3) is 0 Å². The van der Waals surface area contributed by atoms with Gasteiger partial charge in [-0.1, -0.05) is 6.07 Å². The standard InChI is InChI=1S/C26H30O5/c1-25(2)11-9-18-22(30-25)13-21-19(23(18)28-5)12-15(14-29-21)16-6-7-20(27)17-8-10-26(3,4)31-24(16)17/h6-8,10,13,15,27H,9,11-12,14H2,1-5H3/t15-/m0/s1. The lowest BCUT2D eigenvalue weighted by Crippen LogP contribution is -2.33. The normalized spacial score (nSPS) is 22.2. The molecule has 0 unspecified atom stereocenters. The van der Waals surface area contributed by atoms with Crippen LogP contribution in [0, 0.1) is 0 Å². The van der Waals surface area contributed by atoms with Gasteiger partial charge in [0.1, 0.15) is 39.9 Å². The Hall–Kier alpha value is -2.82. The van der Waals surface area contributed by atoms with Crippen molar-refractivity contribution in [2.75, 3.05) is 13.7 Å². The molecule has 3 heterocycles. The van der Waals surface area contributed by atoms with Crippen molar-refractivity contribution in [3.05, 3.63) is 46.5 Å². The van der Waals surface area contributed by atoms with E-state index in [1.165, 1.54) is 0 Å². The molecule has 5 rings (SSSR count). The summed E-state index contributed by atoms with van der Waals surface area (Å²) in [4.78, 5) is 0. The Kier molecular flexibility index (Phi) is 4.44. The number of benzene rings is 2. The third kappa shape index (κ3) is 3.40. The highest BCUT2D eigenvalue weighted by Gasteiger charge is 2.36. The van der Waals surface area contributed by atoms with Crippen molar-refractivity contribution in [3.8, 4) is 28.7 Å². The molecule has 0 saturated carbocycles. The average molecular weight is 423 g/mol. The number of phenols is 1. The quantitative estimate of drug-likeness (QED) is 0.702. The zero-order valence-electron chi connectivity index (χ0n) is 18.9. The fraction of sp³-hybridized carbons (Fsp3) is 0.462. The lowest BCUT2D eigenvalue weighted by Gasteiger charge is -2.36. The number of fused-ring (bicyclic) bond motifs is 3. The third-order valence-corrected chi connectivity index (χ3v) is 6.52. The zero-order chi connectivity index (χ0) is 22.0. The van der Waals surface area contributed by atoms with Crippen molar-refractivity contribution in [2.24, 2.45) is 0 Å². The van der Waals surface area contributed by atoms with Crippen LogP contribution in [0.1, 0.15) is 62.3 Å². The Morgan fingerprint density at radius 3 is 2.65 bits per heavy atom. The van der Waals surface area contributed by atoms with E-state index < -0.39 is 5.60 Å². The Morgan fingerprint density at radius 1 is 1.06 bits per heavy atom. The lowest BCUT2D eigenvalue weighted by atomic mass is 9.85. The minimum Gasteiger partial charge on any atom is -0.507 e. The fourth-order valence-corrected chi connectivity index (χ4v) is 4.85. The second kappa shape index (κ2) is 6.84. The van der Waals surface area contributed by atoms with Crippen LogP contribution in [0.3, 0.4) is 0 Å². The first-order chi connectivity index (χ1) is 14.7. The average Bonchev–Trinajstić information content (AvgIpc) is 2.70. The maximum atomic E-state index is 10.4. The van der Waals surface area contributed by atoms with E-state index in [1.807, 2.05) is 38.1 Å². The molecular weight excluding hydrogens is 392 g/mol. The molecular formula is C26H30O5. The predicted molar refractivity (Wildman–Crippen MR) is 120 cm³/mol. The van der Waals surface area contributed by atoms with Gasteiger partial charge in [-0.2, -0.15) is 0 Å². The van der Waals surface area contributed by atoms with E-state index in [2.05, 4.69) is 13.8 Å². The first kappa shape index (κ1) is 20.1. The van der Waals surface area contributed by atoms with Gasteiger partial charge in [0.15, 0.2) is 0 Å². The molecule has 0 saturated heterocycles. The zero-order valence-corrected chi connectivity index (χ0v) is 18.9. The fourth-order valence-electron chi connectivity index (χ4n) is 4.85. The topological polar surface area (TPSA) is 57.2 Å². The second-order valence-corrected chi connectivity index (χ2v) is 9.89. The van der Waals surface area contributed by atoms with Gasteiger partial charge in [0.05, 0.1) is 19.3 Å². The maximum Gasteiger partial charge on any atom is 0.135 e. The lowest BCUT2D eigenvalue weighted by molar-refractivity contribution is 0.0826. The molecule has 0 aromatic heterocycles. The molecule has 5 heteroatoms. The SMILES string of the molecule is COc1c2c(cc3c1CCC(C)(C)O3)OC[C@@H](c1ccc(O)c3c1OC(C)(C)C=C3)C2. The van der Waals surface area contributed by atoms with Crippen LogP contribution in [0.15, 0.2) is 24.3 Å². The molecule has 0 radical (unpaired) electrons. The summed E-state index contributed by atoms with van der Waals surface area (Å²) in [5.41, 5.74) is 3.37. The van der Waals surface area contributed by atoms with Crippen LogP contribution in [-0.2, 0) is 12.8 Å². The molecule has 3 aliphatic rings. The maximum absolute atomic E-state index is 10.4. The molecule has 0 fully saturated rings. The van der Waals surface area contributed by atoms with E-state index in [0.29, 0.717) is 6.61 Å². The monoisotopic (exact) mass is 422 g/mol. The van der Waals surface area contributed by atoms with Crippen molar-refractivity contribution < 1.29 is 24.1 Å². The Bertz CT molecular complexity index is 1080. The van der Waals surface area contributed by atoms with Crippen LogP contribution in [-0.4, -0.2) is 30.0 Å². The summed E-state index contributed by atoms with van der Waals surface area (Å²) in [5, 5.41) is 10.4. The smallest absolute Gasteiger partial charge is 0.135 e. The summed E-state index contributed by atoms with van der Waals surface area (Å²) in [6, 6.07) is 5.73. The number of aromatic hydroxyl groups is 1. The van der Waals surface area contributed by atoms with Crippen molar-refractivity contribution >= 4 is 6.08 Å². The molecule has 1 atom stereocenters. The summed E-state index contributed by atoms with van der Waals surface area (Å²) >= 11 is 0. The van der Waals surface area contributed by atoms with Crippen LogP contribution in [0.5, 0.6) is 28.7 Å². The number of methoxy groups -OCH3 is 1. The van der Waals surface area contributed by atoms with E-state index in [9.17, 15) is 5.11 Å². The van der Waals surface area contributed by atoms with E-state index in [1.54, 1.807) is 13.2 Å². The summed E-state index contributed by atoms with van der Waals surface area (Å²) in [5.74, 6) is 3.64. The Morgan fingerprint density at radius 2 is 1.87 bits per heavy atom. The summed E-state index contributed by atoms with van der Waals surface area (Å²) in [6.07, 6.45) is 6.56. The van der Waals surface area contributed by atoms with E-state index >= 15 is 0 Å². The molecule has 5 nitrogen and oxygen atoms in total. The van der Waals surface area contributed by atoms with Gasteiger partial charge in [0, 0.05) is 28.7 Å². The highest BCUT2D eigenvalue weighted by atomic mass is 16.5. The Balaban J connectivity index is 1.55. The molecule has 3 aliphatic heterocycles. The molecule has 31 heavy (non-hydrogen) atoms. The number of ether oxygens (including phenoxy) is 4. The van der Waals surface area contributed by atoms with E-state index in [4.69, 9.17) is 18.9 Å². The van der Waals surface area contributed by atoms with Crippen molar-refractivity contribution in [1.29, 1.82) is 0 Å². The van der Waals surface area contributed by atoms with Crippen molar-refractivity contribution in [3.63, 3.8) is 0 Å². The molecule has 164 valence electrons. The minimum absolute atomic E-state index is 0.0945. The van der Waals surface area contributed by atoms with Crippen LogP contribution in [0.2, 0.25) is 0 Å². The molecule has 2 aromatic rings. The van der Waals surface area contributed by atoms with Crippen LogP contribution >= 0.6 is 0 Å². The summed E-state index contributed by atoms with van der Waals surface area (Å²) in [6.45, 7) is 8.79. The van der Waals surface area contributed by atoms with Gasteiger partial charge in [-0.3, -0.25) is 0 Å². The number of rotatable bonds is 2. The largest absolute Gasteiger partial charge is 0.507 e. The molecule has 2 aromatic carbocycles. The molecule has 1 N–H and O–H groups in total. The molecule has 0 bridgehead atoms. The highest BCUT2D eigenvalue weighted by Crippen LogP contribution is 2.50. The predicted octanol–water partition coefficient (Wildman–Crippen LogP) is 5.41. The Labute approximate surface area is 183 Å². The van der Waals surface area contributed by atoms with Crippen molar-refractivity contribution in [1.82, 2.24) is 0 Å². The number of phenolic OH excluding ortho intramolecular Hbond substituents is 1. The molecule has 0 amide bonds. The van der Waals surface area contributed by atoms with Crippen LogP contribution < -0.4 is 18.9 Å². The van der Waals surface area contributed by atoms with E-state index in [0.717, 1.165) is 64.5 Å². The first-order valence-electron chi connectivity index (χ1n) is 11.0. The van der Waals surface area contributed by atoms with Gasteiger partial charge in [-0.05, 0) is 65.2 Å². The highest BCUT2D eigenvalue weighted by molar-refractivity contribution is 5.70. The van der Waals surface area contributed by atoms with E-state index in [-0.39, 0.29) is 17.3 Å². The van der Waals surface area contributed by atoms with Gasteiger partial charge >= 0.3 is 0 Å². The number of hydrogen-bond acceptors (Lipinski definition) is 5. The van der Waals surface area contributed by atoms with Crippen LogP contribution in [0.25, 0.3) is 6.08 Å². The molecule has 0 spiro atoms. The van der Waals surface area contributed by atoms with Crippen molar-refractivity contribution in [2.45, 2.75) is 64.1 Å². The third-order valence-electron chi connectivity index (χ3n) is 6.52. The van der Waals surface area contributed by atoms with Gasteiger partial charge in [-0.25, -0.2) is 0 Å². The second-order valence-electron chi connectivity index (χ2n) is 9.89. The number of hydrogen-bond donors (Lipinski definition) is 1. The first-order valence-corrected chi connectivity index (χ1v) is 11.0. The summed E-state index contributed by atoms with van der Waals surface area (Å²) < 4.78 is 24.7. The summed E-state index contributed by atoms with van der Waals surface area (Å²) in [7, 11) is 1.72. The minimum atomic E-state index is -0.427. The van der Waals surface area contributed by atoms with Gasteiger partial charge in [0.2, 0.25) is 0 Å².